The highest BCUT2D eigenvalue weighted by Gasteiger charge is 2.24. The summed E-state index contributed by atoms with van der Waals surface area (Å²) < 4.78 is 0. The van der Waals surface area contributed by atoms with Crippen molar-refractivity contribution in [3.8, 4) is 0 Å². The second kappa shape index (κ2) is 6.20. The zero-order valence-corrected chi connectivity index (χ0v) is 11.2. The Morgan fingerprint density at radius 1 is 1.12 bits per heavy atom. The van der Waals surface area contributed by atoms with Gasteiger partial charge in [0.15, 0.2) is 0 Å². The van der Waals surface area contributed by atoms with Crippen molar-refractivity contribution in [1.82, 2.24) is 5.32 Å². The minimum Gasteiger partial charge on any atom is -0.319 e. The molecule has 0 amide bonds. The Hall–Kier alpha value is -0.820. The molecule has 0 heterocycles. The van der Waals surface area contributed by atoms with Crippen LogP contribution in [0.5, 0.6) is 0 Å². The molecule has 1 aliphatic carbocycles. The monoisotopic (exact) mass is 231 g/mol. The van der Waals surface area contributed by atoms with Crippen molar-refractivity contribution in [2.45, 2.75) is 39.0 Å². The zero-order valence-electron chi connectivity index (χ0n) is 11.2. The molecule has 1 aromatic rings. The molecule has 0 bridgehead atoms. The highest BCUT2D eigenvalue weighted by molar-refractivity contribution is 5.26. The summed E-state index contributed by atoms with van der Waals surface area (Å²) in [5.74, 6) is 1.77. The first-order valence-electron chi connectivity index (χ1n) is 7.00. The number of nitrogens with one attached hydrogen (secondary N) is 1. The summed E-state index contributed by atoms with van der Waals surface area (Å²) in [7, 11) is 2.08. The maximum atomic E-state index is 3.37. The maximum Gasteiger partial charge on any atom is -0.00208 e. The Morgan fingerprint density at radius 2 is 1.82 bits per heavy atom. The predicted molar refractivity (Wildman–Crippen MR) is 74.3 cm³/mol. The summed E-state index contributed by atoms with van der Waals surface area (Å²) in [6.45, 7) is 3.43. The van der Waals surface area contributed by atoms with Crippen molar-refractivity contribution < 1.29 is 0 Å². The van der Waals surface area contributed by atoms with Gasteiger partial charge >= 0.3 is 0 Å². The van der Waals surface area contributed by atoms with Crippen molar-refractivity contribution >= 4 is 0 Å². The van der Waals surface area contributed by atoms with Gasteiger partial charge in [0.05, 0.1) is 0 Å². The number of aryl methyl sites for hydroxylation is 1. The van der Waals surface area contributed by atoms with Crippen LogP contribution < -0.4 is 5.32 Å². The third kappa shape index (κ3) is 3.32. The van der Waals surface area contributed by atoms with E-state index in [-0.39, 0.29) is 0 Å². The molecule has 1 N–H and O–H groups in total. The molecule has 17 heavy (non-hydrogen) atoms. The fraction of sp³-hybridized carbons (Fsp3) is 0.625. The van der Waals surface area contributed by atoms with Crippen molar-refractivity contribution in [1.29, 1.82) is 0 Å². The third-order valence-corrected chi connectivity index (χ3v) is 4.28. The van der Waals surface area contributed by atoms with Crippen molar-refractivity contribution in [3.63, 3.8) is 0 Å². The van der Waals surface area contributed by atoms with Crippen molar-refractivity contribution in [2.24, 2.45) is 11.8 Å². The van der Waals surface area contributed by atoms with Gasteiger partial charge in [-0.3, -0.25) is 0 Å². The SMILES string of the molecule is CNCC1CCCCC1Cc1ccccc1C. The van der Waals surface area contributed by atoms with E-state index in [1.54, 1.807) is 5.56 Å². The van der Waals surface area contributed by atoms with E-state index < -0.39 is 0 Å². The Morgan fingerprint density at radius 3 is 2.53 bits per heavy atom. The van der Waals surface area contributed by atoms with Gasteiger partial charge in [0.25, 0.3) is 0 Å². The standard InChI is InChI=1S/C16H25N/c1-13-7-3-4-8-14(13)11-15-9-5-6-10-16(15)12-17-2/h3-4,7-8,15-17H,5-6,9-12H2,1-2H3. The number of benzene rings is 1. The predicted octanol–water partition coefficient (Wildman–Crippen LogP) is 3.56. The van der Waals surface area contributed by atoms with Gasteiger partial charge in [-0.2, -0.15) is 0 Å². The van der Waals surface area contributed by atoms with Gasteiger partial charge in [-0.15, -0.1) is 0 Å². The van der Waals surface area contributed by atoms with Crippen LogP contribution in [0, 0.1) is 18.8 Å². The fourth-order valence-corrected chi connectivity index (χ4v) is 3.21. The van der Waals surface area contributed by atoms with Crippen LogP contribution in [0.3, 0.4) is 0 Å². The van der Waals surface area contributed by atoms with Crippen LogP contribution in [0.2, 0.25) is 0 Å². The molecule has 0 aromatic heterocycles. The van der Waals surface area contributed by atoms with Gasteiger partial charge in [-0.25, -0.2) is 0 Å². The van der Waals surface area contributed by atoms with Crippen LogP contribution >= 0.6 is 0 Å². The lowest BCUT2D eigenvalue weighted by molar-refractivity contribution is 0.232. The summed E-state index contributed by atoms with van der Waals surface area (Å²) in [5.41, 5.74) is 3.02. The lowest BCUT2D eigenvalue weighted by Gasteiger charge is -2.32. The molecule has 0 radical (unpaired) electrons. The molecule has 1 aromatic carbocycles. The van der Waals surface area contributed by atoms with E-state index in [0.717, 1.165) is 11.8 Å². The molecule has 1 heteroatoms. The quantitative estimate of drug-likeness (QED) is 0.835. The molecule has 94 valence electrons. The molecule has 1 nitrogen and oxygen atoms in total. The fourth-order valence-electron chi connectivity index (χ4n) is 3.21. The van der Waals surface area contributed by atoms with Crippen molar-refractivity contribution in [2.75, 3.05) is 13.6 Å². The van der Waals surface area contributed by atoms with E-state index in [0.29, 0.717) is 0 Å². The smallest absolute Gasteiger partial charge is 0.00208 e. The molecule has 2 atom stereocenters. The Balaban J connectivity index is 2.03. The summed E-state index contributed by atoms with van der Waals surface area (Å²) in [6.07, 6.45) is 6.96. The number of hydrogen-bond acceptors (Lipinski definition) is 1. The van der Waals surface area contributed by atoms with E-state index in [4.69, 9.17) is 0 Å². The molecule has 1 fully saturated rings. The highest BCUT2D eigenvalue weighted by Crippen LogP contribution is 2.32. The van der Waals surface area contributed by atoms with Crippen LogP contribution in [0.1, 0.15) is 36.8 Å². The average Bonchev–Trinajstić information content (AvgIpc) is 2.35. The lowest BCUT2D eigenvalue weighted by Crippen LogP contribution is -2.30. The van der Waals surface area contributed by atoms with E-state index in [1.807, 2.05) is 0 Å². The van der Waals surface area contributed by atoms with E-state index in [9.17, 15) is 0 Å². The van der Waals surface area contributed by atoms with Gasteiger partial charge in [0.2, 0.25) is 0 Å². The summed E-state index contributed by atoms with van der Waals surface area (Å²) in [5, 5.41) is 3.37. The minimum absolute atomic E-state index is 0.883. The first kappa shape index (κ1) is 12.6. The summed E-state index contributed by atoms with van der Waals surface area (Å²) >= 11 is 0. The molecule has 2 rings (SSSR count). The van der Waals surface area contributed by atoms with Crippen LogP contribution in [0.15, 0.2) is 24.3 Å². The second-order valence-electron chi connectivity index (χ2n) is 5.49. The van der Waals surface area contributed by atoms with Gasteiger partial charge in [-0.1, -0.05) is 37.1 Å². The van der Waals surface area contributed by atoms with Gasteiger partial charge < -0.3 is 5.32 Å². The van der Waals surface area contributed by atoms with Crippen molar-refractivity contribution in [3.05, 3.63) is 35.4 Å². The summed E-state index contributed by atoms with van der Waals surface area (Å²) in [4.78, 5) is 0. The van der Waals surface area contributed by atoms with Gasteiger partial charge in [-0.05, 0) is 62.7 Å². The lowest BCUT2D eigenvalue weighted by atomic mass is 9.75. The third-order valence-electron chi connectivity index (χ3n) is 4.28. The number of hydrogen-bond donors (Lipinski definition) is 1. The second-order valence-corrected chi connectivity index (χ2v) is 5.49. The zero-order chi connectivity index (χ0) is 12.1. The molecular weight excluding hydrogens is 206 g/mol. The Kier molecular flexibility index (Phi) is 4.61. The molecule has 0 spiro atoms. The number of rotatable bonds is 4. The Labute approximate surface area is 106 Å². The average molecular weight is 231 g/mol. The first-order chi connectivity index (χ1) is 8.31. The molecule has 2 unspecified atom stereocenters. The highest BCUT2D eigenvalue weighted by atomic mass is 14.8. The maximum absolute atomic E-state index is 3.37. The molecule has 0 saturated heterocycles. The molecular formula is C16H25N. The van der Waals surface area contributed by atoms with Gasteiger partial charge in [0, 0.05) is 0 Å². The summed E-state index contributed by atoms with van der Waals surface area (Å²) in [6, 6.07) is 8.87. The van der Waals surface area contributed by atoms with Crippen LogP contribution in [0.4, 0.5) is 0 Å². The molecule has 1 saturated carbocycles. The normalized spacial score (nSPS) is 24.8. The largest absolute Gasteiger partial charge is 0.319 e. The van der Waals surface area contributed by atoms with Crippen LogP contribution in [0.25, 0.3) is 0 Å². The minimum atomic E-state index is 0.883. The first-order valence-corrected chi connectivity index (χ1v) is 7.00. The molecule has 1 aliphatic rings. The Bertz CT molecular complexity index is 343. The van der Waals surface area contributed by atoms with E-state index in [1.165, 1.54) is 44.2 Å². The topological polar surface area (TPSA) is 12.0 Å². The van der Waals surface area contributed by atoms with Crippen LogP contribution in [-0.2, 0) is 6.42 Å². The molecule has 0 aliphatic heterocycles. The van der Waals surface area contributed by atoms with E-state index >= 15 is 0 Å². The van der Waals surface area contributed by atoms with Gasteiger partial charge in [0.1, 0.15) is 0 Å². The van der Waals surface area contributed by atoms with Crippen LogP contribution in [-0.4, -0.2) is 13.6 Å². The van der Waals surface area contributed by atoms with E-state index in [2.05, 4.69) is 43.6 Å².